The van der Waals surface area contributed by atoms with Crippen molar-refractivity contribution in [1.82, 2.24) is 14.6 Å². The average Bonchev–Trinajstić information content (AvgIpc) is 2.99. The standard InChI is InChI=1S/C20H21F3N4O2/c1-12-14(4-3-5-16(12)20(21,22)23)10-15-13(2)25-27-18(28)11-17(24-19(15)27)26-6-8-29-9-7-26/h3-5,11,28H,6-10H2,1-2H3. The summed E-state index contributed by atoms with van der Waals surface area (Å²) >= 11 is 0. The summed E-state index contributed by atoms with van der Waals surface area (Å²) in [5.41, 5.74) is 1.85. The number of aromatic hydroxyl groups is 1. The minimum Gasteiger partial charge on any atom is -0.493 e. The number of halogens is 3. The maximum Gasteiger partial charge on any atom is 0.416 e. The first kappa shape index (κ1) is 19.5. The number of morpholine rings is 1. The molecule has 6 nitrogen and oxygen atoms in total. The van der Waals surface area contributed by atoms with Crippen LogP contribution in [0.4, 0.5) is 19.0 Å². The van der Waals surface area contributed by atoms with E-state index in [9.17, 15) is 18.3 Å². The average molecular weight is 406 g/mol. The number of aryl methyl sites for hydroxylation is 1. The van der Waals surface area contributed by atoms with Gasteiger partial charge in [-0.05, 0) is 31.0 Å². The van der Waals surface area contributed by atoms with E-state index in [-0.39, 0.29) is 17.9 Å². The first-order valence-corrected chi connectivity index (χ1v) is 9.32. The third-order valence-electron chi connectivity index (χ3n) is 5.31. The largest absolute Gasteiger partial charge is 0.493 e. The van der Waals surface area contributed by atoms with Crippen LogP contribution in [0.15, 0.2) is 24.3 Å². The molecule has 154 valence electrons. The second-order valence-corrected chi connectivity index (χ2v) is 7.14. The fourth-order valence-electron chi connectivity index (χ4n) is 3.67. The Morgan fingerprint density at radius 3 is 2.59 bits per heavy atom. The summed E-state index contributed by atoms with van der Waals surface area (Å²) in [6.45, 7) is 5.68. The Hall–Kier alpha value is -2.81. The molecule has 0 saturated carbocycles. The Labute approximate surface area is 165 Å². The fraction of sp³-hybridized carbons (Fsp3) is 0.400. The monoisotopic (exact) mass is 406 g/mol. The number of hydrogen-bond acceptors (Lipinski definition) is 5. The van der Waals surface area contributed by atoms with E-state index in [1.165, 1.54) is 17.5 Å². The van der Waals surface area contributed by atoms with Gasteiger partial charge < -0.3 is 14.7 Å². The molecule has 3 aromatic rings. The van der Waals surface area contributed by atoms with Crippen LogP contribution in [0.5, 0.6) is 5.88 Å². The van der Waals surface area contributed by atoms with Gasteiger partial charge in [0.2, 0.25) is 5.88 Å². The molecule has 3 heterocycles. The predicted octanol–water partition coefficient (Wildman–Crippen LogP) is 3.50. The highest BCUT2D eigenvalue weighted by atomic mass is 19.4. The lowest BCUT2D eigenvalue weighted by molar-refractivity contribution is -0.138. The van der Waals surface area contributed by atoms with Gasteiger partial charge in [-0.2, -0.15) is 22.8 Å². The van der Waals surface area contributed by atoms with E-state index in [1.54, 1.807) is 19.1 Å². The Kier molecular flexibility index (Phi) is 4.85. The molecule has 0 atom stereocenters. The maximum atomic E-state index is 13.3. The number of alkyl halides is 3. The minimum absolute atomic E-state index is 0.0633. The van der Waals surface area contributed by atoms with E-state index in [1.807, 2.05) is 4.90 Å². The van der Waals surface area contributed by atoms with E-state index in [4.69, 9.17) is 4.74 Å². The molecule has 2 aromatic heterocycles. The quantitative estimate of drug-likeness (QED) is 0.722. The Bertz CT molecular complexity index is 1060. The number of anilines is 1. The highest BCUT2D eigenvalue weighted by molar-refractivity contribution is 5.59. The first-order chi connectivity index (χ1) is 13.8. The molecular weight excluding hydrogens is 385 g/mol. The molecule has 0 aliphatic carbocycles. The van der Waals surface area contributed by atoms with Crippen molar-refractivity contribution in [3.8, 4) is 5.88 Å². The first-order valence-electron chi connectivity index (χ1n) is 9.32. The van der Waals surface area contributed by atoms with E-state index in [2.05, 4.69) is 10.1 Å². The molecule has 1 fully saturated rings. The summed E-state index contributed by atoms with van der Waals surface area (Å²) in [5, 5.41) is 14.8. The third-order valence-corrected chi connectivity index (χ3v) is 5.31. The zero-order valence-corrected chi connectivity index (χ0v) is 16.1. The Balaban J connectivity index is 1.78. The molecule has 1 saturated heterocycles. The van der Waals surface area contributed by atoms with Crippen LogP contribution < -0.4 is 4.90 Å². The lowest BCUT2D eigenvalue weighted by atomic mass is 9.96. The summed E-state index contributed by atoms with van der Waals surface area (Å²) in [7, 11) is 0. The molecule has 29 heavy (non-hydrogen) atoms. The summed E-state index contributed by atoms with van der Waals surface area (Å²) in [5.74, 6) is 0.534. The molecule has 1 N–H and O–H groups in total. The number of hydrogen-bond donors (Lipinski definition) is 1. The lowest BCUT2D eigenvalue weighted by Gasteiger charge is -2.27. The highest BCUT2D eigenvalue weighted by Gasteiger charge is 2.33. The fourth-order valence-corrected chi connectivity index (χ4v) is 3.67. The topological polar surface area (TPSA) is 62.9 Å². The zero-order chi connectivity index (χ0) is 20.8. The van der Waals surface area contributed by atoms with Crippen LogP contribution >= 0.6 is 0 Å². The number of ether oxygens (including phenoxy) is 1. The number of rotatable bonds is 3. The maximum absolute atomic E-state index is 13.3. The van der Waals surface area contributed by atoms with Gasteiger partial charge in [-0.25, -0.2) is 4.98 Å². The normalized spacial score (nSPS) is 15.3. The molecule has 1 aromatic carbocycles. The number of benzene rings is 1. The van der Waals surface area contributed by atoms with Crippen molar-refractivity contribution in [2.75, 3.05) is 31.2 Å². The van der Waals surface area contributed by atoms with Crippen LogP contribution in [0, 0.1) is 13.8 Å². The van der Waals surface area contributed by atoms with Gasteiger partial charge in [-0.1, -0.05) is 12.1 Å². The van der Waals surface area contributed by atoms with Crippen LogP contribution in [0.25, 0.3) is 5.65 Å². The van der Waals surface area contributed by atoms with Crippen molar-refractivity contribution < 1.29 is 23.0 Å². The number of aromatic nitrogens is 3. The van der Waals surface area contributed by atoms with Crippen LogP contribution in [-0.2, 0) is 17.3 Å². The van der Waals surface area contributed by atoms with Crippen LogP contribution in [-0.4, -0.2) is 46.0 Å². The third kappa shape index (κ3) is 3.62. The van der Waals surface area contributed by atoms with Gasteiger partial charge in [-0.3, -0.25) is 0 Å². The van der Waals surface area contributed by atoms with Crippen molar-refractivity contribution in [1.29, 1.82) is 0 Å². The smallest absolute Gasteiger partial charge is 0.416 e. The molecule has 4 rings (SSSR count). The molecule has 0 radical (unpaired) electrons. The van der Waals surface area contributed by atoms with E-state index in [0.29, 0.717) is 54.6 Å². The molecular formula is C20H21F3N4O2. The summed E-state index contributed by atoms with van der Waals surface area (Å²) in [4.78, 5) is 6.67. The summed E-state index contributed by atoms with van der Waals surface area (Å²) in [6, 6.07) is 5.72. The van der Waals surface area contributed by atoms with Gasteiger partial charge in [0.15, 0.2) is 5.65 Å². The number of fused-ring (bicyclic) bond motifs is 1. The van der Waals surface area contributed by atoms with Gasteiger partial charge in [0.1, 0.15) is 5.82 Å². The predicted molar refractivity (Wildman–Crippen MR) is 101 cm³/mol. The van der Waals surface area contributed by atoms with E-state index < -0.39 is 11.7 Å². The molecule has 1 aliphatic rings. The van der Waals surface area contributed by atoms with Crippen molar-refractivity contribution in [3.63, 3.8) is 0 Å². The van der Waals surface area contributed by atoms with Crippen molar-refractivity contribution in [2.45, 2.75) is 26.4 Å². The van der Waals surface area contributed by atoms with E-state index in [0.717, 1.165) is 6.07 Å². The van der Waals surface area contributed by atoms with Gasteiger partial charge >= 0.3 is 6.18 Å². The van der Waals surface area contributed by atoms with Gasteiger partial charge in [0.05, 0.1) is 24.5 Å². The molecule has 0 bridgehead atoms. The molecule has 9 heteroatoms. The Morgan fingerprint density at radius 2 is 1.90 bits per heavy atom. The molecule has 1 aliphatic heterocycles. The van der Waals surface area contributed by atoms with E-state index >= 15 is 0 Å². The summed E-state index contributed by atoms with van der Waals surface area (Å²) < 4.78 is 46.5. The second kappa shape index (κ2) is 7.22. The Morgan fingerprint density at radius 1 is 1.17 bits per heavy atom. The molecule has 0 spiro atoms. The van der Waals surface area contributed by atoms with Crippen LogP contribution in [0.3, 0.4) is 0 Å². The van der Waals surface area contributed by atoms with Crippen molar-refractivity contribution in [3.05, 3.63) is 52.2 Å². The lowest BCUT2D eigenvalue weighted by Crippen LogP contribution is -2.36. The second-order valence-electron chi connectivity index (χ2n) is 7.14. The summed E-state index contributed by atoms with van der Waals surface area (Å²) in [6.07, 6.45) is -4.17. The van der Waals surface area contributed by atoms with Gasteiger partial charge in [0.25, 0.3) is 0 Å². The van der Waals surface area contributed by atoms with Gasteiger partial charge in [0, 0.05) is 31.1 Å². The minimum atomic E-state index is -4.41. The zero-order valence-electron chi connectivity index (χ0n) is 16.1. The van der Waals surface area contributed by atoms with Crippen LogP contribution in [0.1, 0.15) is 27.9 Å². The van der Waals surface area contributed by atoms with Crippen molar-refractivity contribution >= 4 is 11.5 Å². The number of nitrogens with zero attached hydrogens (tertiary/aromatic N) is 4. The molecule has 0 unspecified atom stereocenters. The highest BCUT2D eigenvalue weighted by Crippen LogP contribution is 2.34. The van der Waals surface area contributed by atoms with Crippen LogP contribution in [0.2, 0.25) is 0 Å². The molecule has 0 amide bonds. The van der Waals surface area contributed by atoms with Crippen molar-refractivity contribution in [2.24, 2.45) is 0 Å². The SMILES string of the molecule is Cc1nn2c(O)cc(N3CCOCC3)nc2c1Cc1cccc(C(F)(F)F)c1C. The van der Waals surface area contributed by atoms with Gasteiger partial charge in [-0.15, -0.1) is 0 Å².